The number of benzene rings is 2. The van der Waals surface area contributed by atoms with Crippen LogP contribution in [-0.4, -0.2) is 26.0 Å². The maximum absolute atomic E-state index is 12.9. The fourth-order valence-electron chi connectivity index (χ4n) is 3.19. The highest BCUT2D eigenvalue weighted by Crippen LogP contribution is 2.35. The van der Waals surface area contributed by atoms with Crippen LogP contribution in [0.3, 0.4) is 0 Å². The van der Waals surface area contributed by atoms with E-state index in [9.17, 15) is 22.8 Å². The monoisotopic (exact) mass is 478 g/mol. The number of sulfonamides is 1. The molecule has 2 amide bonds. The average molecular weight is 479 g/mol. The molecule has 2 aromatic rings. The molecular weight excluding hydrogens is 452 g/mol. The molecule has 0 aliphatic rings. The molecule has 0 saturated heterocycles. The summed E-state index contributed by atoms with van der Waals surface area (Å²) in [6.07, 6.45) is 0. The molecule has 9 heteroatoms. The van der Waals surface area contributed by atoms with Gasteiger partial charge in [0.1, 0.15) is 0 Å². The second-order valence-corrected chi connectivity index (χ2v) is 10.3. The Bertz CT molecular complexity index is 1130. The normalized spacial score (nSPS) is 11.5. The van der Waals surface area contributed by atoms with Gasteiger partial charge in [0.05, 0.1) is 4.90 Å². The van der Waals surface area contributed by atoms with Gasteiger partial charge in [0.15, 0.2) is 11.6 Å². The van der Waals surface area contributed by atoms with E-state index < -0.39 is 27.6 Å². The number of urea groups is 1. The zero-order valence-corrected chi connectivity index (χ0v) is 20.4. The Labute approximate surface area is 193 Å². The van der Waals surface area contributed by atoms with Gasteiger partial charge in [-0.1, -0.05) is 39.3 Å². The Morgan fingerprint density at radius 1 is 0.812 bits per heavy atom. The van der Waals surface area contributed by atoms with Crippen molar-refractivity contribution >= 4 is 44.9 Å². The van der Waals surface area contributed by atoms with Crippen LogP contribution in [0, 0.1) is 0 Å². The third-order valence-electron chi connectivity index (χ3n) is 4.90. The second kappa shape index (κ2) is 9.83. The fourth-order valence-corrected chi connectivity index (χ4v) is 4.40. The molecule has 0 bridgehead atoms. The zero-order valence-electron chi connectivity index (χ0n) is 18.9. The highest BCUT2D eigenvalue weighted by Gasteiger charge is 2.23. The summed E-state index contributed by atoms with van der Waals surface area (Å²) in [5.74, 6) is -0.774. The first-order valence-corrected chi connectivity index (χ1v) is 11.9. The lowest BCUT2D eigenvalue weighted by atomic mass is 9.92. The van der Waals surface area contributed by atoms with Crippen molar-refractivity contribution in [3.05, 3.63) is 57.6 Å². The lowest BCUT2D eigenvalue weighted by molar-refractivity contribution is 0.101. The van der Waals surface area contributed by atoms with E-state index in [1.165, 1.54) is 19.9 Å². The van der Waals surface area contributed by atoms with Gasteiger partial charge >= 0.3 is 6.03 Å². The van der Waals surface area contributed by atoms with Gasteiger partial charge < -0.3 is 5.32 Å². The number of anilines is 1. The Balaban J connectivity index is 2.44. The number of carbonyl (C=O) groups excluding carboxylic acids is 3. The predicted octanol–water partition coefficient (Wildman–Crippen LogP) is 5.50. The number of halogens is 1. The first-order chi connectivity index (χ1) is 14.7. The molecule has 0 spiro atoms. The molecule has 0 heterocycles. The smallest absolute Gasteiger partial charge is 0.307 e. The van der Waals surface area contributed by atoms with Gasteiger partial charge in [-0.05, 0) is 67.1 Å². The van der Waals surface area contributed by atoms with Crippen LogP contribution in [0.5, 0.6) is 0 Å². The molecule has 0 aliphatic heterocycles. The zero-order chi connectivity index (χ0) is 24.4. The van der Waals surface area contributed by atoms with Crippen LogP contribution in [0.2, 0.25) is 5.02 Å². The molecular formula is C23H27ClN2O5S. The minimum absolute atomic E-state index is 0.0171. The van der Waals surface area contributed by atoms with Crippen molar-refractivity contribution in [1.29, 1.82) is 0 Å². The fraction of sp³-hybridized carbons (Fsp3) is 0.348. The van der Waals surface area contributed by atoms with E-state index in [-0.39, 0.29) is 27.9 Å². The van der Waals surface area contributed by atoms with E-state index in [2.05, 4.69) is 5.32 Å². The number of ketones is 2. The molecule has 2 rings (SSSR count). The van der Waals surface area contributed by atoms with Gasteiger partial charge in [-0.15, -0.1) is 0 Å². The summed E-state index contributed by atoms with van der Waals surface area (Å²) >= 11 is 6.23. The summed E-state index contributed by atoms with van der Waals surface area (Å²) in [6, 6.07) is 6.09. The Morgan fingerprint density at radius 2 is 1.25 bits per heavy atom. The van der Waals surface area contributed by atoms with Crippen molar-refractivity contribution in [2.45, 2.75) is 58.3 Å². The van der Waals surface area contributed by atoms with E-state index in [0.717, 1.165) is 23.3 Å². The van der Waals surface area contributed by atoms with Gasteiger partial charge in [0.25, 0.3) is 10.0 Å². The maximum Gasteiger partial charge on any atom is 0.333 e. The summed E-state index contributed by atoms with van der Waals surface area (Å²) in [5, 5.41) is 3.17. The highest BCUT2D eigenvalue weighted by atomic mass is 35.5. The van der Waals surface area contributed by atoms with Crippen molar-refractivity contribution in [3.8, 4) is 0 Å². The summed E-state index contributed by atoms with van der Waals surface area (Å²) in [4.78, 5) is 35.9. The Kier molecular flexibility index (Phi) is 7.85. The van der Waals surface area contributed by atoms with Gasteiger partial charge in [-0.25, -0.2) is 17.9 Å². The van der Waals surface area contributed by atoms with Crippen LogP contribution in [0.25, 0.3) is 0 Å². The molecule has 2 N–H and O–H groups in total. The molecule has 7 nitrogen and oxygen atoms in total. The third kappa shape index (κ3) is 5.95. The molecule has 0 radical (unpaired) electrons. The van der Waals surface area contributed by atoms with E-state index in [4.69, 9.17) is 11.6 Å². The van der Waals surface area contributed by atoms with Crippen LogP contribution in [-0.2, 0) is 10.0 Å². The molecule has 2 aromatic carbocycles. The van der Waals surface area contributed by atoms with E-state index in [0.29, 0.717) is 10.7 Å². The van der Waals surface area contributed by atoms with Gasteiger partial charge in [0.2, 0.25) is 0 Å². The summed E-state index contributed by atoms with van der Waals surface area (Å²) in [5.41, 5.74) is 2.15. The third-order valence-corrected chi connectivity index (χ3v) is 6.43. The highest BCUT2D eigenvalue weighted by molar-refractivity contribution is 7.90. The largest absolute Gasteiger partial charge is 0.333 e. The van der Waals surface area contributed by atoms with Crippen LogP contribution in [0.15, 0.2) is 35.2 Å². The topological polar surface area (TPSA) is 109 Å². The molecule has 0 unspecified atom stereocenters. The SMILES string of the molecule is CC(=O)c1cc(C(C)=O)cc(S(=O)(=O)NC(=O)Nc2c(C(C)C)cc(Cl)cc2C(C)C)c1. The summed E-state index contributed by atoms with van der Waals surface area (Å²) < 4.78 is 27.7. The molecule has 0 saturated carbocycles. The standard InChI is InChI=1S/C23H27ClN2O5S/c1-12(2)20-10-18(24)11-21(13(3)4)22(20)25-23(29)26-32(30,31)19-8-16(14(5)27)7-17(9-19)15(6)28/h7-13H,1-6H3,(H2,25,26,29). The lowest BCUT2D eigenvalue weighted by Crippen LogP contribution is -2.35. The minimum Gasteiger partial charge on any atom is -0.307 e. The summed E-state index contributed by atoms with van der Waals surface area (Å²) in [6.45, 7) is 10.3. The number of Topliss-reactive ketones (excluding diaryl/α,β-unsaturated/α-hetero) is 2. The molecule has 32 heavy (non-hydrogen) atoms. The van der Waals surface area contributed by atoms with Gasteiger partial charge in [-0.2, -0.15) is 0 Å². The van der Waals surface area contributed by atoms with Crippen LogP contribution < -0.4 is 10.0 Å². The number of rotatable bonds is 7. The van der Waals surface area contributed by atoms with Crippen molar-refractivity contribution < 1.29 is 22.8 Å². The van der Waals surface area contributed by atoms with Gasteiger partial charge in [0, 0.05) is 21.8 Å². The van der Waals surface area contributed by atoms with E-state index in [1.807, 2.05) is 32.4 Å². The first kappa shape index (κ1) is 25.5. The number of hydrogen-bond acceptors (Lipinski definition) is 5. The van der Waals surface area contributed by atoms with Crippen molar-refractivity contribution in [2.24, 2.45) is 0 Å². The molecule has 0 fully saturated rings. The lowest BCUT2D eigenvalue weighted by Gasteiger charge is -2.21. The number of nitrogens with one attached hydrogen (secondary N) is 2. The first-order valence-electron chi connectivity index (χ1n) is 10.1. The molecule has 0 aromatic heterocycles. The van der Waals surface area contributed by atoms with Crippen molar-refractivity contribution in [1.82, 2.24) is 4.72 Å². The maximum atomic E-state index is 12.9. The molecule has 172 valence electrons. The average Bonchev–Trinajstić information content (AvgIpc) is 2.67. The second-order valence-electron chi connectivity index (χ2n) is 8.19. The number of carbonyl (C=O) groups is 3. The van der Waals surface area contributed by atoms with Crippen LogP contribution >= 0.6 is 11.6 Å². The van der Waals surface area contributed by atoms with E-state index >= 15 is 0 Å². The number of hydrogen-bond donors (Lipinski definition) is 2. The minimum atomic E-state index is -4.36. The quantitative estimate of drug-likeness (QED) is 0.510. The molecule has 0 atom stereocenters. The molecule has 0 aliphatic carbocycles. The summed E-state index contributed by atoms with van der Waals surface area (Å²) in [7, 11) is -4.36. The van der Waals surface area contributed by atoms with Crippen molar-refractivity contribution in [2.75, 3.05) is 5.32 Å². The van der Waals surface area contributed by atoms with E-state index in [1.54, 1.807) is 12.1 Å². The Morgan fingerprint density at radius 3 is 1.62 bits per heavy atom. The van der Waals surface area contributed by atoms with Crippen molar-refractivity contribution in [3.63, 3.8) is 0 Å². The van der Waals surface area contributed by atoms with Crippen LogP contribution in [0.1, 0.15) is 85.2 Å². The predicted molar refractivity (Wildman–Crippen MR) is 125 cm³/mol. The number of amides is 2. The van der Waals surface area contributed by atoms with Crippen LogP contribution in [0.4, 0.5) is 10.5 Å². The Hall–Kier alpha value is -2.71. The van der Waals surface area contributed by atoms with Gasteiger partial charge in [-0.3, -0.25) is 9.59 Å².